The molecular weight excluding hydrogens is 355 g/mol. The minimum Gasteiger partial charge on any atom is -0.337 e. The molecule has 1 fully saturated rings. The highest BCUT2D eigenvalue weighted by atomic mass is 35.5. The van der Waals surface area contributed by atoms with E-state index < -0.39 is 23.8 Å². The lowest BCUT2D eigenvalue weighted by Crippen LogP contribution is -2.46. The molecule has 3 nitrogen and oxygen atoms in total. The van der Waals surface area contributed by atoms with Crippen molar-refractivity contribution in [3.8, 4) is 11.8 Å². The Morgan fingerprint density at radius 1 is 1.40 bits per heavy atom. The fourth-order valence-corrected chi connectivity index (χ4v) is 2.90. The van der Waals surface area contributed by atoms with Crippen molar-refractivity contribution in [2.75, 3.05) is 5.32 Å². The van der Waals surface area contributed by atoms with Crippen molar-refractivity contribution in [2.45, 2.75) is 50.5 Å². The number of anilines is 1. The lowest BCUT2D eigenvalue weighted by molar-refractivity contribution is -0.268. The Hall–Kier alpha value is -1.71. The van der Waals surface area contributed by atoms with Crippen LogP contribution in [0.5, 0.6) is 0 Å². The Bertz CT molecular complexity index is 749. The van der Waals surface area contributed by atoms with Crippen LogP contribution in [0.2, 0.25) is 5.02 Å². The van der Waals surface area contributed by atoms with E-state index >= 15 is 0 Å². The summed E-state index contributed by atoms with van der Waals surface area (Å²) in [4.78, 5) is 12.3. The average Bonchev–Trinajstić information content (AvgIpc) is 3.35. The number of alkyl halides is 3. The molecule has 0 saturated heterocycles. The van der Waals surface area contributed by atoms with E-state index in [0.29, 0.717) is 6.42 Å². The lowest BCUT2D eigenvalue weighted by atomic mass is 9.91. The van der Waals surface area contributed by atoms with Gasteiger partial charge in [0.2, 0.25) is 0 Å². The highest BCUT2D eigenvalue weighted by Crippen LogP contribution is 2.48. The third kappa shape index (κ3) is 3.49. The molecule has 25 heavy (non-hydrogen) atoms. The maximum atomic E-state index is 14.2. The van der Waals surface area contributed by atoms with Gasteiger partial charge in [0.1, 0.15) is 6.10 Å². The molecular formula is C18H17ClF3NO2. The Morgan fingerprint density at radius 3 is 2.72 bits per heavy atom. The third-order valence-electron chi connectivity index (χ3n) is 4.21. The first-order chi connectivity index (χ1) is 11.8. The van der Waals surface area contributed by atoms with Gasteiger partial charge in [-0.3, -0.25) is 4.79 Å². The van der Waals surface area contributed by atoms with Crippen LogP contribution in [-0.2, 0) is 15.1 Å². The van der Waals surface area contributed by atoms with E-state index in [1.807, 2.05) is 0 Å². The minimum absolute atomic E-state index is 0.0235. The summed E-state index contributed by atoms with van der Waals surface area (Å²) in [5, 5.41) is 2.64. The van der Waals surface area contributed by atoms with Crippen molar-refractivity contribution >= 4 is 23.2 Å². The SMILES string of the molecule is CCC[C@H]1O[C@](C#CC2CC2)(C(F)(F)F)c2cc(Cl)ccc2NC1=O. The van der Waals surface area contributed by atoms with Crippen molar-refractivity contribution in [1.29, 1.82) is 0 Å². The fourth-order valence-electron chi connectivity index (χ4n) is 2.73. The number of benzene rings is 1. The number of halogens is 4. The molecule has 2 atom stereocenters. The van der Waals surface area contributed by atoms with Crippen LogP contribution in [0.15, 0.2) is 18.2 Å². The van der Waals surface area contributed by atoms with Gasteiger partial charge in [-0.1, -0.05) is 36.8 Å². The highest BCUT2D eigenvalue weighted by molar-refractivity contribution is 6.30. The standard InChI is InChI=1S/C18H17ClF3NO2/c1-2-3-15-16(24)23-14-7-6-12(19)10-13(14)17(25-15,18(20,21)22)9-8-11-4-5-11/h6-7,10-11,15H,2-5H2,1H3,(H,23,24)/t15-,17+/m1/s1. The summed E-state index contributed by atoms with van der Waals surface area (Å²) < 4.78 is 48.0. The molecule has 0 unspecified atom stereocenters. The number of ether oxygens (including phenoxy) is 1. The summed E-state index contributed by atoms with van der Waals surface area (Å²) in [6.07, 6.45) is -3.86. The predicted molar refractivity (Wildman–Crippen MR) is 88.1 cm³/mol. The van der Waals surface area contributed by atoms with Gasteiger partial charge in [0, 0.05) is 22.2 Å². The lowest BCUT2D eigenvalue weighted by Gasteiger charge is -2.33. The topological polar surface area (TPSA) is 38.3 Å². The van der Waals surface area contributed by atoms with E-state index in [2.05, 4.69) is 17.2 Å². The molecule has 134 valence electrons. The summed E-state index contributed by atoms with van der Waals surface area (Å²) >= 11 is 5.93. The second-order valence-electron chi connectivity index (χ2n) is 6.30. The van der Waals surface area contributed by atoms with Crippen molar-refractivity contribution < 1.29 is 22.7 Å². The van der Waals surface area contributed by atoms with Gasteiger partial charge >= 0.3 is 6.18 Å². The Morgan fingerprint density at radius 2 is 2.12 bits per heavy atom. The van der Waals surface area contributed by atoms with Crippen LogP contribution in [0.4, 0.5) is 18.9 Å². The summed E-state index contributed by atoms with van der Waals surface area (Å²) in [5.41, 5.74) is -3.13. The molecule has 1 aromatic rings. The molecule has 7 heteroatoms. The van der Waals surface area contributed by atoms with Gasteiger partial charge in [0.25, 0.3) is 11.5 Å². The highest BCUT2D eigenvalue weighted by Gasteiger charge is 2.60. The number of hydrogen-bond donors (Lipinski definition) is 1. The van der Waals surface area contributed by atoms with Crippen LogP contribution in [0.1, 0.15) is 38.2 Å². The van der Waals surface area contributed by atoms with Gasteiger partial charge in [0.05, 0.1) is 0 Å². The van der Waals surface area contributed by atoms with E-state index in [1.165, 1.54) is 18.2 Å². The second kappa shape index (κ2) is 6.54. The van der Waals surface area contributed by atoms with E-state index in [9.17, 15) is 18.0 Å². The number of nitrogens with one attached hydrogen (secondary N) is 1. The first-order valence-electron chi connectivity index (χ1n) is 8.15. The van der Waals surface area contributed by atoms with Crippen LogP contribution in [0, 0.1) is 17.8 Å². The zero-order valence-corrected chi connectivity index (χ0v) is 14.3. The van der Waals surface area contributed by atoms with Crippen molar-refractivity contribution in [3.63, 3.8) is 0 Å². The Kier molecular flexibility index (Phi) is 4.74. The molecule has 0 spiro atoms. The van der Waals surface area contributed by atoms with E-state index in [1.54, 1.807) is 6.92 Å². The molecule has 0 radical (unpaired) electrons. The molecule has 0 aromatic heterocycles. The van der Waals surface area contributed by atoms with E-state index in [4.69, 9.17) is 16.3 Å². The van der Waals surface area contributed by atoms with Crippen molar-refractivity contribution in [3.05, 3.63) is 28.8 Å². The third-order valence-corrected chi connectivity index (χ3v) is 4.45. The van der Waals surface area contributed by atoms with Crippen LogP contribution in [0.25, 0.3) is 0 Å². The van der Waals surface area contributed by atoms with Crippen LogP contribution >= 0.6 is 11.6 Å². The summed E-state index contributed by atoms with van der Waals surface area (Å²) in [6, 6.07) is 3.95. The smallest absolute Gasteiger partial charge is 0.337 e. The van der Waals surface area contributed by atoms with Crippen LogP contribution in [-0.4, -0.2) is 18.2 Å². The Balaban J connectivity index is 2.22. The monoisotopic (exact) mass is 371 g/mol. The molecule has 1 amide bonds. The van der Waals surface area contributed by atoms with E-state index in [-0.39, 0.29) is 28.6 Å². The fraction of sp³-hybridized carbons (Fsp3) is 0.500. The number of fused-ring (bicyclic) bond motifs is 1. The van der Waals surface area contributed by atoms with Crippen LogP contribution < -0.4 is 5.32 Å². The Labute approximate surface area is 148 Å². The minimum atomic E-state index is -4.83. The zero-order chi connectivity index (χ0) is 18.2. The normalized spacial score (nSPS) is 26.1. The first kappa shape index (κ1) is 18.1. The van der Waals surface area contributed by atoms with Gasteiger partial charge in [-0.15, -0.1) is 0 Å². The molecule has 0 bridgehead atoms. The molecule has 3 rings (SSSR count). The van der Waals surface area contributed by atoms with Crippen LogP contribution in [0.3, 0.4) is 0 Å². The molecule has 1 aliphatic carbocycles. The van der Waals surface area contributed by atoms with Gasteiger partial charge < -0.3 is 10.1 Å². The molecule has 1 saturated carbocycles. The average molecular weight is 372 g/mol. The number of hydrogen-bond acceptors (Lipinski definition) is 2. The molecule has 1 aliphatic heterocycles. The number of carbonyl (C=O) groups excluding carboxylic acids is 1. The predicted octanol–water partition coefficient (Wildman–Crippen LogP) is 4.65. The molecule has 1 N–H and O–H groups in total. The summed E-state index contributed by atoms with van der Waals surface area (Å²) in [6.45, 7) is 1.77. The van der Waals surface area contributed by atoms with Gasteiger partial charge in [-0.25, -0.2) is 0 Å². The molecule has 2 aliphatic rings. The van der Waals surface area contributed by atoms with Gasteiger partial charge in [-0.05, 0) is 37.5 Å². The zero-order valence-electron chi connectivity index (χ0n) is 13.5. The molecule has 1 heterocycles. The maximum absolute atomic E-state index is 14.2. The summed E-state index contributed by atoms with van der Waals surface area (Å²) in [5.74, 6) is 4.32. The van der Waals surface area contributed by atoms with Crippen molar-refractivity contribution in [1.82, 2.24) is 0 Å². The molecule has 1 aromatic carbocycles. The maximum Gasteiger partial charge on any atom is 0.433 e. The number of amides is 1. The first-order valence-corrected chi connectivity index (χ1v) is 8.53. The van der Waals surface area contributed by atoms with Gasteiger partial charge in [-0.2, -0.15) is 13.2 Å². The number of carbonyl (C=O) groups is 1. The number of rotatable bonds is 2. The quantitative estimate of drug-likeness (QED) is 0.768. The largest absolute Gasteiger partial charge is 0.433 e. The second-order valence-corrected chi connectivity index (χ2v) is 6.73. The van der Waals surface area contributed by atoms with Crippen molar-refractivity contribution in [2.24, 2.45) is 5.92 Å². The van der Waals surface area contributed by atoms with Gasteiger partial charge in [0.15, 0.2) is 0 Å². The summed E-state index contributed by atoms with van der Waals surface area (Å²) in [7, 11) is 0. The van der Waals surface area contributed by atoms with E-state index in [0.717, 1.165) is 12.8 Å².